The van der Waals surface area contributed by atoms with Gasteiger partial charge in [0, 0.05) is 5.56 Å². The molecule has 3 nitrogen and oxygen atoms in total. The first-order valence-corrected chi connectivity index (χ1v) is 5.42. The fourth-order valence-electron chi connectivity index (χ4n) is 1.66. The van der Waals surface area contributed by atoms with Gasteiger partial charge in [-0.05, 0) is 31.5 Å². The average molecular weight is 207 g/mol. The summed E-state index contributed by atoms with van der Waals surface area (Å²) in [5.41, 5.74) is 0.865. The van der Waals surface area contributed by atoms with Crippen molar-refractivity contribution < 1.29 is 9.84 Å². The lowest BCUT2D eigenvalue weighted by atomic mass is 10.0. The molecule has 2 rings (SSSR count). The Balaban J connectivity index is 1.81. The summed E-state index contributed by atoms with van der Waals surface area (Å²) in [5, 5.41) is 12.3. The van der Waals surface area contributed by atoms with Crippen LogP contribution < -0.4 is 10.1 Å². The monoisotopic (exact) mass is 207 g/mol. The van der Waals surface area contributed by atoms with Crippen LogP contribution in [0, 0.1) is 5.92 Å². The van der Waals surface area contributed by atoms with Gasteiger partial charge in [-0.25, -0.2) is 0 Å². The van der Waals surface area contributed by atoms with Crippen LogP contribution in [0.1, 0.15) is 12.0 Å². The average Bonchev–Trinajstić information content (AvgIpc) is 2.22. The van der Waals surface area contributed by atoms with Crippen LogP contribution in [0.15, 0.2) is 24.3 Å². The van der Waals surface area contributed by atoms with Crippen molar-refractivity contribution in [1.29, 1.82) is 0 Å². The van der Waals surface area contributed by atoms with Gasteiger partial charge in [0.15, 0.2) is 0 Å². The van der Waals surface area contributed by atoms with Gasteiger partial charge in [0.1, 0.15) is 5.75 Å². The van der Waals surface area contributed by atoms with Gasteiger partial charge in [-0.15, -0.1) is 0 Å². The number of rotatable bonds is 5. The Bertz CT molecular complexity index is 310. The lowest BCUT2D eigenvalue weighted by Crippen LogP contribution is -2.42. The molecule has 1 heterocycles. The summed E-state index contributed by atoms with van der Waals surface area (Å²) in [7, 11) is 0. The highest BCUT2D eigenvalue weighted by molar-refractivity contribution is 5.32. The summed E-state index contributed by atoms with van der Waals surface area (Å²) in [6, 6.07) is 7.64. The smallest absolute Gasteiger partial charge is 0.124 e. The molecular weight excluding hydrogens is 190 g/mol. The van der Waals surface area contributed by atoms with E-state index >= 15 is 0 Å². The van der Waals surface area contributed by atoms with E-state index in [2.05, 4.69) is 5.32 Å². The van der Waals surface area contributed by atoms with E-state index in [4.69, 9.17) is 9.84 Å². The third-order valence-corrected chi connectivity index (χ3v) is 2.79. The minimum atomic E-state index is 0.0428. The normalized spacial score (nSPS) is 16.1. The third kappa shape index (κ3) is 2.70. The fraction of sp³-hybridized carbons (Fsp3) is 0.500. The van der Waals surface area contributed by atoms with Gasteiger partial charge in [-0.2, -0.15) is 0 Å². The Morgan fingerprint density at radius 1 is 1.33 bits per heavy atom. The minimum Gasteiger partial charge on any atom is -0.493 e. The number of aliphatic hydroxyl groups is 1. The zero-order valence-corrected chi connectivity index (χ0v) is 8.78. The maximum absolute atomic E-state index is 9.09. The molecule has 0 spiro atoms. The van der Waals surface area contributed by atoms with Crippen LogP contribution in [0.5, 0.6) is 5.75 Å². The molecule has 3 heteroatoms. The van der Waals surface area contributed by atoms with Gasteiger partial charge in [0.2, 0.25) is 0 Å². The van der Waals surface area contributed by atoms with E-state index in [-0.39, 0.29) is 6.61 Å². The van der Waals surface area contributed by atoms with Crippen molar-refractivity contribution >= 4 is 0 Å². The van der Waals surface area contributed by atoms with Crippen LogP contribution in [-0.4, -0.2) is 24.8 Å². The maximum Gasteiger partial charge on any atom is 0.124 e. The minimum absolute atomic E-state index is 0.0428. The van der Waals surface area contributed by atoms with Gasteiger partial charge in [0.25, 0.3) is 0 Å². The topological polar surface area (TPSA) is 41.5 Å². The van der Waals surface area contributed by atoms with Crippen molar-refractivity contribution in [2.24, 2.45) is 5.92 Å². The molecule has 1 fully saturated rings. The van der Waals surface area contributed by atoms with Crippen molar-refractivity contribution in [3.05, 3.63) is 29.8 Å². The molecule has 1 aliphatic heterocycles. The van der Waals surface area contributed by atoms with Crippen molar-refractivity contribution in [3.63, 3.8) is 0 Å². The number of hydrogen-bond donors (Lipinski definition) is 2. The number of aliphatic hydroxyl groups excluding tert-OH is 1. The molecule has 82 valence electrons. The van der Waals surface area contributed by atoms with Gasteiger partial charge in [-0.3, -0.25) is 0 Å². The number of hydrogen-bond acceptors (Lipinski definition) is 3. The Hall–Kier alpha value is -1.06. The van der Waals surface area contributed by atoms with E-state index in [1.54, 1.807) is 0 Å². The Labute approximate surface area is 90.1 Å². The number of para-hydroxylation sites is 1. The van der Waals surface area contributed by atoms with Crippen LogP contribution >= 0.6 is 0 Å². The first kappa shape index (κ1) is 10.5. The van der Waals surface area contributed by atoms with Crippen molar-refractivity contribution in [2.75, 3.05) is 19.7 Å². The fourth-order valence-corrected chi connectivity index (χ4v) is 1.66. The lowest BCUT2D eigenvalue weighted by Gasteiger charge is -2.26. The molecule has 1 aromatic carbocycles. The predicted molar refractivity (Wildman–Crippen MR) is 58.8 cm³/mol. The Kier molecular flexibility index (Phi) is 3.59. The molecule has 0 saturated carbocycles. The standard InChI is InChI=1S/C12H17NO2/c14-9-11-3-1-2-4-12(11)15-6-5-10-7-13-8-10/h1-4,10,13-14H,5-9H2. The van der Waals surface area contributed by atoms with Crippen molar-refractivity contribution in [1.82, 2.24) is 5.32 Å². The largest absolute Gasteiger partial charge is 0.493 e. The molecule has 0 radical (unpaired) electrons. The molecule has 0 bridgehead atoms. The summed E-state index contributed by atoms with van der Waals surface area (Å²) in [4.78, 5) is 0. The number of ether oxygens (including phenoxy) is 1. The first-order valence-electron chi connectivity index (χ1n) is 5.42. The van der Waals surface area contributed by atoms with Gasteiger partial charge < -0.3 is 15.2 Å². The van der Waals surface area contributed by atoms with Crippen LogP contribution in [0.25, 0.3) is 0 Å². The molecule has 0 unspecified atom stereocenters. The zero-order valence-electron chi connectivity index (χ0n) is 8.78. The van der Waals surface area contributed by atoms with E-state index < -0.39 is 0 Å². The molecular formula is C12H17NO2. The van der Waals surface area contributed by atoms with Crippen LogP contribution in [0.3, 0.4) is 0 Å². The second kappa shape index (κ2) is 5.14. The Morgan fingerprint density at radius 2 is 2.13 bits per heavy atom. The highest BCUT2D eigenvalue weighted by Crippen LogP contribution is 2.18. The molecule has 0 aliphatic carbocycles. The molecule has 2 N–H and O–H groups in total. The highest BCUT2D eigenvalue weighted by atomic mass is 16.5. The molecule has 1 aromatic rings. The summed E-state index contributed by atoms with van der Waals surface area (Å²) < 4.78 is 5.65. The summed E-state index contributed by atoms with van der Waals surface area (Å²) >= 11 is 0. The number of nitrogens with one attached hydrogen (secondary N) is 1. The SMILES string of the molecule is OCc1ccccc1OCCC1CNC1. The lowest BCUT2D eigenvalue weighted by molar-refractivity contribution is 0.228. The van der Waals surface area contributed by atoms with E-state index in [1.807, 2.05) is 24.3 Å². The molecule has 0 aromatic heterocycles. The number of benzene rings is 1. The van der Waals surface area contributed by atoms with Gasteiger partial charge in [-0.1, -0.05) is 18.2 Å². The van der Waals surface area contributed by atoms with Crippen LogP contribution in [0.4, 0.5) is 0 Å². The van der Waals surface area contributed by atoms with Crippen LogP contribution in [0.2, 0.25) is 0 Å². The highest BCUT2D eigenvalue weighted by Gasteiger charge is 2.16. The zero-order chi connectivity index (χ0) is 10.5. The molecule has 0 atom stereocenters. The van der Waals surface area contributed by atoms with Crippen molar-refractivity contribution in [2.45, 2.75) is 13.0 Å². The second-order valence-corrected chi connectivity index (χ2v) is 3.93. The molecule has 15 heavy (non-hydrogen) atoms. The molecule has 0 amide bonds. The first-order chi connectivity index (χ1) is 7.40. The second-order valence-electron chi connectivity index (χ2n) is 3.93. The summed E-state index contributed by atoms with van der Waals surface area (Å²) in [5.74, 6) is 1.58. The maximum atomic E-state index is 9.09. The van der Waals surface area contributed by atoms with E-state index in [9.17, 15) is 0 Å². The predicted octanol–water partition coefficient (Wildman–Crippen LogP) is 1.17. The summed E-state index contributed by atoms with van der Waals surface area (Å²) in [6.07, 6.45) is 1.09. The molecule has 1 aliphatic rings. The van der Waals surface area contributed by atoms with Gasteiger partial charge in [0.05, 0.1) is 13.2 Å². The third-order valence-electron chi connectivity index (χ3n) is 2.79. The molecule has 1 saturated heterocycles. The van der Waals surface area contributed by atoms with E-state index in [0.717, 1.165) is 43.3 Å². The van der Waals surface area contributed by atoms with E-state index in [1.165, 1.54) is 0 Å². The summed E-state index contributed by atoms with van der Waals surface area (Å²) in [6.45, 7) is 3.01. The Morgan fingerprint density at radius 3 is 2.80 bits per heavy atom. The van der Waals surface area contributed by atoms with Crippen LogP contribution in [-0.2, 0) is 6.61 Å². The van der Waals surface area contributed by atoms with Crippen molar-refractivity contribution in [3.8, 4) is 5.75 Å². The quantitative estimate of drug-likeness (QED) is 0.761. The van der Waals surface area contributed by atoms with E-state index in [0.29, 0.717) is 0 Å². The van der Waals surface area contributed by atoms with Gasteiger partial charge >= 0.3 is 0 Å².